The summed E-state index contributed by atoms with van der Waals surface area (Å²) in [7, 11) is 0. The molecule has 1 unspecified atom stereocenters. The minimum absolute atomic E-state index is 0.225. The van der Waals surface area contributed by atoms with E-state index < -0.39 is 11.1 Å². The molecule has 1 aliphatic rings. The molecule has 1 saturated heterocycles. The minimum Gasteiger partial charge on any atom is -0.294 e. The van der Waals surface area contributed by atoms with Crippen LogP contribution in [0.25, 0.3) is 0 Å². The van der Waals surface area contributed by atoms with Crippen molar-refractivity contribution in [2.24, 2.45) is 0 Å². The molecule has 1 fully saturated rings. The zero-order valence-electron chi connectivity index (χ0n) is 4.66. The molecule has 5 heteroatoms. The molecule has 0 aromatic carbocycles. The van der Waals surface area contributed by atoms with Crippen molar-refractivity contribution in [1.82, 2.24) is 5.32 Å². The molecule has 0 aromatic rings. The lowest BCUT2D eigenvalue weighted by Gasteiger charge is -1.97. The first-order valence-corrected chi connectivity index (χ1v) is 2.63. The largest absolute Gasteiger partial charge is 0.294 e. The molecule has 1 rings (SSSR count). The number of hydrogen-bond acceptors (Lipinski definition) is 3. The second-order valence-electron chi connectivity index (χ2n) is 1.91. The highest BCUT2D eigenvalue weighted by molar-refractivity contribution is 5.78. The number of nitro groups is 1. The van der Waals surface area contributed by atoms with Gasteiger partial charge < -0.3 is 0 Å². The van der Waals surface area contributed by atoms with Crippen molar-refractivity contribution in [3.8, 4) is 0 Å². The van der Waals surface area contributed by atoms with Gasteiger partial charge in [-0.05, 0) is 0 Å². The van der Waals surface area contributed by atoms with Gasteiger partial charge in [-0.2, -0.15) is 0 Å². The highest BCUT2D eigenvalue weighted by atomic mass is 16.6. The Bertz CT molecular complexity index is 156. The number of rotatable bonds is 1. The summed E-state index contributed by atoms with van der Waals surface area (Å²) in [5, 5.41) is 12.2. The maximum atomic E-state index is 10.3. The monoisotopic (exact) mass is 130 g/mol. The highest BCUT2D eigenvalue weighted by Crippen LogP contribution is 2.05. The van der Waals surface area contributed by atoms with Crippen LogP contribution < -0.4 is 5.32 Å². The molecule has 0 aromatic heterocycles. The van der Waals surface area contributed by atoms with Gasteiger partial charge in [0.1, 0.15) is 0 Å². The van der Waals surface area contributed by atoms with Gasteiger partial charge in [-0.15, -0.1) is 0 Å². The van der Waals surface area contributed by atoms with Gasteiger partial charge in [0, 0.05) is 17.8 Å². The van der Waals surface area contributed by atoms with Crippen LogP contribution in [0.1, 0.15) is 12.8 Å². The Morgan fingerprint density at radius 1 is 1.78 bits per heavy atom. The highest BCUT2D eigenvalue weighted by Gasteiger charge is 2.29. The van der Waals surface area contributed by atoms with Crippen molar-refractivity contribution in [2.75, 3.05) is 0 Å². The van der Waals surface area contributed by atoms with Crippen molar-refractivity contribution in [3.05, 3.63) is 10.1 Å². The zero-order valence-corrected chi connectivity index (χ0v) is 4.66. The number of nitrogens with zero attached hydrogens (tertiary/aromatic N) is 1. The van der Waals surface area contributed by atoms with Crippen LogP contribution in [0.4, 0.5) is 0 Å². The van der Waals surface area contributed by atoms with Gasteiger partial charge in [0.05, 0.1) is 0 Å². The summed E-state index contributed by atoms with van der Waals surface area (Å²) in [6.07, 6.45) is -0.227. The summed E-state index contributed by atoms with van der Waals surface area (Å²) in [6, 6.07) is 0. The second kappa shape index (κ2) is 2.00. The van der Waals surface area contributed by atoms with Gasteiger partial charge >= 0.3 is 0 Å². The third-order valence-electron chi connectivity index (χ3n) is 1.23. The fraction of sp³-hybridized carbons (Fsp3) is 0.750. The van der Waals surface area contributed by atoms with E-state index in [0.717, 1.165) is 0 Å². The standard InChI is InChI=1S/C4H6N2O3/c7-4-2-1-3(5-4)6(8)9/h3H,1-2H2,(H,5,7). The summed E-state index contributed by atoms with van der Waals surface area (Å²) < 4.78 is 0. The molecule has 0 spiro atoms. The number of carbonyl (C=O) groups excluding carboxylic acids is 1. The Hall–Kier alpha value is -1.13. The molecule has 0 radical (unpaired) electrons. The van der Waals surface area contributed by atoms with Gasteiger partial charge in [-0.25, -0.2) is 0 Å². The number of carbonyl (C=O) groups is 1. The van der Waals surface area contributed by atoms with Gasteiger partial charge in [0.2, 0.25) is 5.91 Å². The van der Waals surface area contributed by atoms with E-state index in [0.29, 0.717) is 6.42 Å². The Labute approximate surface area is 51.2 Å². The van der Waals surface area contributed by atoms with Crippen molar-refractivity contribution in [2.45, 2.75) is 19.0 Å². The van der Waals surface area contributed by atoms with E-state index in [1.165, 1.54) is 0 Å². The molecule has 1 heterocycles. The fourth-order valence-corrected chi connectivity index (χ4v) is 0.756. The van der Waals surface area contributed by atoms with Crippen LogP contribution in [-0.4, -0.2) is 17.0 Å². The van der Waals surface area contributed by atoms with E-state index in [-0.39, 0.29) is 12.3 Å². The summed E-state index contributed by atoms with van der Waals surface area (Å²) in [5.41, 5.74) is 0. The topological polar surface area (TPSA) is 72.2 Å². The molecule has 0 saturated carbocycles. The molecule has 1 amide bonds. The van der Waals surface area contributed by atoms with Crippen LogP contribution >= 0.6 is 0 Å². The lowest BCUT2D eigenvalue weighted by atomic mass is 10.3. The van der Waals surface area contributed by atoms with E-state index in [4.69, 9.17) is 0 Å². The maximum absolute atomic E-state index is 10.3. The van der Waals surface area contributed by atoms with Crippen LogP contribution in [0.2, 0.25) is 0 Å². The quantitative estimate of drug-likeness (QED) is 0.384. The molecule has 0 aliphatic carbocycles. The Morgan fingerprint density at radius 3 is 2.67 bits per heavy atom. The van der Waals surface area contributed by atoms with Crippen molar-refractivity contribution in [1.29, 1.82) is 0 Å². The van der Waals surface area contributed by atoms with Gasteiger partial charge in [0.15, 0.2) is 0 Å². The van der Waals surface area contributed by atoms with Crippen LogP contribution in [0, 0.1) is 10.1 Å². The minimum atomic E-state index is -0.836. The Morgan fingerprint density at radius 2 is 2.44 bits per heavy atom. The lowest BCUT2D eigenvalue weighted by molar-refractivity contribution is -0.525. The summed E-state index contributed by atoms with van der Waals surface area (Å²) in [6.45, 7) is 0. The first-order valence-electron chi connectivity index (χ1n) is 2.63. The normalized spacial score (nSPS) is 25.8. The first kappa shape index (κ1) is 6.00. The van der Waals surface area contributed by atoms with Crippen LogP contribution in [0.5, 0.6) is 0 Å². The molecule has 9 heavy (non-hydrogen) atoms. The van der Waals surface area contributed by atoms with E-state index in [1.54, 1.807) is 0 Å². The summed E-state index contributed by atoms with van der Waals surface area (Å²) >= 11 is 0. The number of nitrogens with one attached hydrogen (secondary N) is 1. The zero-order chi connectivity index (χ0) is 6.85. The third-order valence-corrected chi connectivity index (χ3v) is 1.23. The SMILES string of the molecule is O=C1CCC([N+](=O)[O-])N1. The van der Waals surface area contributed by atoms with Crippen molar-refractivity contribution < 1.29 is 9.72 Å². The summed E-state index contributed by atoms with van der Waals surface area (Å²) in [4.78, 5) is 19.8. The predicted molar refractivity (Wildman–Crippen MR) is 28.2 cm³/mol. The number of amides is 1. The van der Waals surface area contributed by atoms with E-state index in [9.17, 15) is 14.9 Å². The van der Waals surface area contributed by atoms with Crippen LogP contribution in [0.3, 0.4) is 0 Å². The van der Waals surface area contributed by atoms with Crippen molar-refractivity contribution in [3.63, 3.8) is 0 Å². The second-order valence-corrected chi connectivity index (χ2v) is 1.91. The molecular formula is C4H6N2O3. The first-order chi connectivity index (χ1) is 4.20. The molecular weight excluding hydrogens is 124 g/mol. The van der Waals surface area contributed by atoms with Gasteiger partial charge in [-0.1, -0.05) is 0 Å². The smallest absolute Gasteiger partial charge is 0.287 e. The average Bonchev–Trinajstić information content (AvgIpc) is 2.14. The molecule has 1 N–H and O–H groups in total. The Balaban J connectivity index is 2.48. The molecule has 1 aliphatic heterocycles. The molecule has 5 nitrogen and oxygen atoms in total. The molecule has 0 bridgehead atoms. The average molecular weight is 130 g/mol. The van der Waals surface area contributed by atoms with E-state index in [2.05, 4.69) is 5.32 Å². The third kappa shape index (κ3) is 1.16. The maximum Gasteiger partial charge on any atom is 0.287 e. The number of hydrogen-bond donors (Lipinski definition) is 1. The van der Waals surface area contributed by atoms with Crippen LogP contribution in [-0.2, 0) is 4.79 Å². The van der Waals surface area contributed by atoms with E-state index in [1.807, 2.05) is 0 Å². The molecule has 50 valence electrons. The summed E-state index contributed by atoms with van der Waals surface area (Å²) in [5.74, 6) is -0.225. The van der Waals surface area contributed by atoms with Crippen molar-refractivity contribution >= 4 is 5.91 Å². The molecule has 1 atom stereocenters. The predicted octanol–water partition coefficient (Wildman–Crippen LogP) is -0.501. The lowest BCUT2D eigenvalue weighted by Crippen LogP contribution is -2.32. The van der Waals surface area contributed by atoms with Gasteiger partial charge in [-0.3, -0.25) is 20.2 Å². The fourth-order valence-electron chi connectivity index (χ4n) is 0.756. The van der Waals surface area contributed by atoms with Gasteiger partial charge in [0.25, 0.3) is 6.17 Å². The Kier molecular flexibility index (Phi) is 1.33. The van der Waals surface area contributed by atoms with Crippen LogP contribution in [0.15, 0.2) is 0 Å². The van der Waals surface area contributed by atoms with E-state index >= 15 is 0 Å².